The van der Waals surface area contributed by atoms with Crippen LogP contribution >= 0.6 is 0 Å². The molecule has 1 aliphatic heterocycles. The average molecular weight is 302 g/mol. The maximum Gasteiger partial charge on any atom is 0.164 e. The fourth-order valence-corrected chi connectivity index (χ4v) is 7.27. The molecule has 0 radical (unpaired) electrons. The summed E-state index contributed by atoms with van der Waals surface area (Å²) in [6, 6.07) is 0. The third-order valence-electron chi connectivity index (χ3n) is 8.66. The van der Waals surface area contributed by atoms with E-state index in [1.807, 2.05) is 0 Å². The second-order valence-corrected chi connectivity index (χ2v) is 9.10. The van der Waals surface area contributed by atoms with Crippen molar-refractivity contribution < 1.29 is 14.3 Å². The van der Waals surface area contributed by atoms with E-state index in [4.69, 9.17) is 4.74 Å². The molecule has 7 atom stereocenters. The van der Waals surface area contributed by atoms with E-state index >= 15 is 0 Å². The van der Waals surface area contributed by atoms with Crippen molar-refractivity contribution >= 4 is 11.6 Å². The van der Waals surface area contributed by atoms with Gasteiger partial charge in [-0.2, -0.15) is 0 Å². The highest BCUT2D eigenvalue weighted by atomic mass is 16.6. The van der Waals surface area contributed by atoms with Gasteiger partial charge in [0.25, 0.3) is 0 Å². The van der Waals surface area contributed by atoms with Crippen molar-refractivity contribution in [3.8, 4) is 0 Å². The van der Waals surface area contributed by atoms with Crippen LogP contribution in [-0.4, -0.2) is 23.3 Å². The molecule has 1 spiro atoms. The summed E-state index contributed by atoms with van der Waals surface area (Å²) in [5.74, 6) is 2.78. The normalized spacial score (nSPS) is 59.4. The molecule has 22 heavy (non-hydrogen) atoms. The molecule has 1 saturated heterocycles. The van der Waals surface area contributed by atoms with Gasteiger partial charge in [-0.3, -0.25) is 9.59 Å². The van der Waals surface area contributed by atoms with E-state index in [1.54, 1.807) is 0 Å². The molecule has 5 rings (SSSR count). The van der Waals surface area contributed by atoms with E-state index in [-0.39, 0.29) is 22.5 Å². The highest BCUT2D eigenvalue weighted by molar-refractivity contribution is 5.89. The monoisotopic (exact) mass is 302 g/mol. The van der Waals surface area contributed by atoms with Crippen LogP contribution in [0.4, 0.5) is 0 Å². The summed E-state index contributed by atoms with van der Waals surface area (Å²) in [7, 11) is 0. The molecule has 3 heteroatoms. The van der Waals surface area contributed by atoms with Crippen molar-refractivity contribution in [2.45, 2.75) is 76.9 Å². The van der Waals surface area contributed by atoms with Gasteiger partial charge in [0.1, 0.15) is 17.5 Å². The van der Waals surface area contributed by atoms with Crippen molar-refractivity contribution in [1.82, 2.24) is 0 Å². The van der Waals surface area contributed by atoms with Crippen LogP contribution in [0.2, 0.25) is 0 Å². The Bertz CT molecular complexity index is 583. The van der Waals surface area contributed by atoms with Crippen LogP contribution in [0, 0.1) is 28.6 Å². The highest BCUT2D eigenvalue weighted by Crippen LogP contribution is 2.71. The maximum absolute atomic E-state index is 12.4. The lowest BCUT2D eigenvalue weighted by Crippen LogP contribution is -2.58. The third kappa shape index (κ3) is 1.31. The number of Topliss-reactive ketones (excluding diaryl/α,β-unsaturated/α-hetero) is 2. The van der Waals surface area contributed by atoms with Gasteiger partial charge in [-0.15, -0.1) is 0 Å². The van der Waals surface area contributed by atoms with Crippen LogP contribution in [0.15, 0.2) is 0 Å². The Morgan fingerprint density at radius 1 is 0.955 bits per heavy atom. The van der Waals surface area contributed by atoms with E-state index in [0.717, 1.165) is 44.9 Å². The summed E-state index contributed by atoms with van der Waals surface area (Å²) in [5.41, 5.74) is -0.00234. The van der Waals surface area contributed by atoms with E-state index in [2.05, 4.69) is 13.8 Å². The Hall–Kier alpha value is -0.700. The largest absolute Gasteiger partial charge is 0.357 e. The van der Waals surface area contributed by atoms with Crippen LogP contribution in [0.1, 0.15) is 65.2 Å². The Balaban J connectivity index is 1.52. The van der Waals surface area contributed by atoms with Crippen LogP contribution < -0.4 is 0 Å². The van der Waals surface area contributed by atoms with Crippen molar-refractivity contribution in [2.24, 2.45) is 28.6 Å². The molecule has 3 nitrogen and oxygen atoms in total. The first kappa shape index (κ1) is 13.7. The van der Waals surface area contributed by atoms with Gasteiger partial charge in [0, 0.05) is 23.7 Å². The van der Waals surface area contributed by atoms with Crippen LogP contribution in [0.3, 0.4) is 0 Å². The number of epoxide rings is 1. The molecule has 0 aromatic heterocycles. The minimum absolute atomic E-state index is 0.0453. The van der Waals surface area contributed by atoms with Gasteiger partial charge in [0.2, 0.25) is 0 Å². The van der Waals surface area contributed by atoms with Gasteiger partial charge in [0.05, 0.1) is 0 Å². The van der Waals surface area contributed by atoms with Crippen LogP contribution in [-0.2, 0) is 14.3 Å². The molecule has 4 saturated carbocycles. The minimum atomic E-state index is -0.125. The number of ketones is 2. The Kier molecular flexibility index (Phi) is 2.40. The predicted molar refractivity (Wildman–Crippen MR) is 81.2 cm³/mol. The van der Waals surface area contributed by atoms with Gasteiger partial charge >= 0.3 is 0 Å². The van der Waals surface area contributed by atoms with Gasteiger partial charge in [0.15, 0.2) is 5.78 Å². The Labute approximate surface area is 132 Å². The summed E-state index contributed by atoms with van der Waals surface area (Å²) in [5, 5.41) is 0. The second-order valence-electron chi connectivity index (χ2n) is 9.10. The predicted octanol–water partition coefficient (Wildman–Crippen LogP) is 3.30. The van der Waals surface area contributed by atoms with Gasteiger partial charge in [-0.05, 0) is 56.3 Å². The first-order valence-electron chi connectivity index (χ1n) is 9.16. The lowest BCUT2D eigenvalue weighted by molar-refractivity contribution is -0.140. The van der Waals surface area contributed by atoms with Crippen molar-refractivity contribution in [3.63, 3.8) is 0 Å². The van der Waals surface area contributed by atoms with E-state index in [9.17, 15) is 9.59 Å². The molecule has 0 amide bonds. The second kappa shape index (κ2) is 3.85. The third-order valence-corrected chi connectivity index (χ3v) is 8.66. The van der Waals surface area contributed by atoms with Crippen molar-refractivity contribution in [1.29, 1.82) is 0 Å². The number of ether oxygens (including phenoxy) is 1. The smallest absolute Gasteiger partial charge is 0.164 e. The number of hydrogen-bond donors (Lipinski definition) is 0. The molecule has 0 bridgehead atoms. The number of carbonyl (C=O) groups is 2. The van der Waals surface area contributed by atoms with E-state index in [0.29, 0.717) is 35.7 Å². The first-order valence-corrected chi connectivity index (χ1v) is 9.16. The standard InChI is InChI=1S/C19H26O3/c1-17-8-6-13-11(12(17)3-4-15(17)21)5-10-19-16(22-19)14(20)7-9-18(13,19)2/h11-13,16H,3-10H2,1-2H3/t11-,12-,13-,16-,17-,18+,19-/m0/s1. The summed E-state index contributed by atoms with van der Waals surface area (Å²) in [4.78, 5) is 24.5. The van der Waals surface area contributed by atoms with Crippen LogP contribution in [0.25, 0.3) is 0 Å². The fourth-order valence-electron chi connectivity index (χ4n) is 7.27. The number of carbonyl (C=O) groups excluding carboxylic acids is 2. The van der Waals surface area contributed by atoms with Crippen molar-refractivity contribution in [3.05, 3.63) is 0 Å². The van der Waals surface area contributed by atoms with Gasteiger partial charge in [-0.1, -0.05) is 13.8 Å². The Morgan fingerprint density at radius 3 is 2.59 bits per heavy atom. The van der Waals surface area contributed by atoms with Crippen LogP contribution in [0.5, 0.6) is 0 Å². The molecule has 0 aromatic rings. The fraction of sp³-hybridized carbons (Fsp3) is 0.895. The summed E-state index contributed by atoms with van der Waals surface area (Å²) < 4.78 is 6.07. The van der Waals surface area contributed by atoms with Crippen molar-refractivity contribution in [2.75, 3.05) is 0 Å². The number of rotatable bonds is 0. The number of hydrogen-bond acceptors (Lipinski definition) is 3. The topological polar surface area (TPSA) is 46.7 Å². The molecule has 0 unspecified atom stereocenters. The number of fused-ring (bicyclic) bond motifs is 4. The van der Waals surface area contributed by atoms with E-state index in [1.165, 1.54) is 0 Å². The first-order chi connectivity index (χ1) is 10.4. The zero-order valence-corrected chi connectivity index (χ0v) is 13.7. The zero-order chi connectivity index (χ0) is 15.3. The molecule has 0 aromatic carbocycles. The zero-order valence-electron chi connectivity index (χ0n) is 13.7. The molecular formula is C19H26O3. The summed E-state index contributed by atoms with van der Waals surface area (Å²) >= 11 is 0. The van der Waals surface area contributed by atoms with Gasteiger partial charge in [-0.25, -0.2) is 0 Å². The molecular weight excluding hydrogens is 276 g/mol. The quantitative estimate of drug-likeness (QED) is 0.645. The Morgan fingerprint density at radius 2 is 1.77 bits per heavy atom. The average Bonchev–Trinajstić information content (AvgIpc) is 3.17. The molecule has 4 aliphatic carbocycles. The lowest BCUT2D eigenvalue weighted by atomic mass is 9.45. The minimum Gasteiger partial charge on any atom is -0.357 e. The van der Waals surface area contributed by atoms with Gasteiger partial charge < -0.3 is 4.74 Å². The lowest BCUT2D eigenvalue weighted by Gasteiger charge is -2.58. The maximum atomic E-state index is 12.4. The molecule has 5 fully saturated rings. The van der Waals surface area contributed by atoms with E-state index < -0.39 is 0 Å². The molecule has 0 N–H and O–H groups in total. The molecule has 120 valence electrons. The highest BCUT2D eigenvalue weighted by Gasteiger charge is 2.76. The molecule has 1 heterocycles. The summed E-state index contributed by atoms with van der Waals surface area (Å²) in [6.07, 6.45) is 7.93. The summed E-state index contributed by atoms with van der Waals surface area (Å²) in [6.45, 7) is 4.63. The SMILES string of the molecule is C[C@]12CC[C@H]3[C@@H](CC[C@]45O[C@H]4C(=O)CC[C@]35C)[C@@H]1CCC2=O. The molecule has 5 aliphatic rings.